The van der Waals surface area contributed by atoms with Crippen LogP contribution in [0.4, 0.5) is 0 Å². The first-order chi connectivity index (χ1) is 10.3. The summed E-state index contributed by atoms with van der Waals surface area (Å²) in [7, 11) is 0. The molecule has 21 heavy (non-hydrogen) atoms. The van der Waals surface area contributed by atoms with E-state index in [0.717, 1.165) is 18.5 Å². The van der Waals surface area contributed by atoms with Crippen molar-refractivity contribution in [3.05, 3.63) is 21.9 Å². The minimum atomic E-state index is 0.0174. The molecular formula is C16H21N3OS. The summed E-state index contributed by atoms with van der Waals surface area (Å²) in [5.74, 6) is 5.82. The smallest absolute Gasteiger partial charge is 0.262 e. The molecule has 2 aliphatic rings. The van der Waals surface area contributed by atoms with Gasteiger partial charge in [-0.2, -0.15) is 0 Å². The van der Waals surface area contributed by atoms with Crippen LogP contribution >= 0.6 is 11.3 Å². The van der Waals surface area contributed by atoms with Crippen molar-refractivity contribution in [3.8, 4) is 11.8 Å². The van der Waals surface area contributed by atoms with Gasteiger partial charge in [0.15, 0.2) is 0 Å². The van der Waals surface area contributed by atoms with E-state index in [1.165, 1.54) is 37.1 Å². The molecule has 0 radical (unpaired) electrons. The lowest BCUT2D eigenvalue weighted by Crippen LogP contribution is -2.46. The number of hydrogen-bond acceptors (Lipinski definition) is 4. The molecule has 2 fully saturated rings. The van der Waals surface area contributed by atoms with Crippen molar-refractivity contribution in [1.82, 2.24) is 10.2 Å². The van der Waals surface area contributed by atoms with Gasteiger partial charge in [0.2, 0.25) is 0 Å². The molecule has 0 bridgehead atoms. The van der Waals surface area contributed by atoms with Crippen LogP contribution in [0.2, 0.25) is 0 Å². The molecular weight excluding hydrogens is 282 g/mol. The molecule has 5 heteroatoms. The largest absolute Gasteiger partial charge is 0.347 e. The summed E-state index contributed by atoms with van der Waals surface area (Å²) in [6, 6.07) is 2.71. The number of fused-ring (bicyclic) bond motifs is 1. The SMILES string of the molecule is NCC#Cc1ccsc1C(=O)NC1CCN2CCCCC12. The lowest BCUT2D eigenvalue weighted by atomic mass is 9.99. The van der Waals surface area contributed by atoms with E-state index in [9.17, 15) is 4.79 Å². The summed E-state index contributed by atoms with van der Waals surface area (Å²) in [5.41, 5.74) is 6.19. The lowest BCUT2D eigenvalue weighted by Gasteiger charge is -2.32. The lowest BCUT2D eigenvalue weighted by molar-refractivity contribution is 0.0919. The van der Waals surface area contributed by atoms with Gasteiger partial charge >= 0.3 is 0 Å². The zero-order valence-electron chi connectivity index (χ0n) is 12.1. The standard InChI is InChI=1S/C16H21N3OS/c17-8-3-4-12-7-11-21-15(12)16(20)18-13-6-10-19-9-2-1-5-14(13)19/h7,11,13-14H,1-2,5-6,8-10,17H2,(H,18,20). The highest BCUT2D eigenvalue weighted by molar-refractivity contribution is 7.12. The van der Waals surface area contributed by atoms with E-state index < -0.39 is 0 Å². The topological polar surface area (TPSA) is 58.4 Å². The number of thiophene rings is 1. The van der Waals surface area contributed by atoms with Crippen molar-refractivity contribution >= 4 is 17.2 Å². The van der Waals surface area contributed by atoms with Gasteiger partial charge in [-0.25, -0.2) is 0 Å². The van der Waals surface area contributed by atoms with E-state index >= 15 is 0 Å². The molecule has 3 N–H and O–H groups in total. The van der Waals surface area contributed by atoms with Crippen molar-refractivity contribution in [2.45, 2.75) is 37.8 Å². The summed E-state index contributed by atoms with van der Waals surface area (Å²) < 4.78 is 0. The van der Waals surface area contributed by atoms with Crippen LogP contribution in [0.3, 0.4) is 0 Å². The molecule has 2 aliphatic heterocycles. The Hall–Kier alpha value is -1.35. The first kappa shape index (κ1) is 14.6. The Morgan fingerprint density at radius 2 is 2.33 bits per heavy atom. The number of nitrogens with two attached hydrogens (primary N) is 1. The average Bonchev–Trinajstić information content (AvgIpc) is 3.12. The van der Waals surface area contributed by atoms with Crippen LogP contribution in [-0.4, -0.2) is 42.5 Å². The zero-order chi connectivity index (χ0) is 14.7. The van der Waals surface area contributed by atoms with E-state index in [1.54, 1.807) is 0 Å². The fourth-order valence-corrected chi connectivity index (χ4v) is 4.13. The molecule has 3 rings (SSSR count). The first-order valence-electron chi connectivity index (χ1n) is 7.61. The maximum Gasteiger partial charge on any atom is 0.262 e. The summed E-state index contributed by atoms with van der Waals surface area (Å²) >= 11 is 1.45. The Morgan fingerprint density at radius 1 is 1.43 bits per heavy atom. The Balaban J connectivity index is 1.68. The monoisotopic (exact) mass is 303 g/mol. The van der Waals surface area contributed by atoms with Gasteiger partial charge in [-0.05, 0) is 37.3 Å². The number of hydrogen-bond donors (Lipinski definition) is 2. The molecule has 0 spiro atoms. The molecule has 0 aliphatic carbocycles. The van der Waals surface area contributed by atoms with Crippen LogP contribution in [0.15, 0.2) is 11.4 Å². The van der Waals surface area contributed by atoms with Crippen LogP contribution in [-0.2, 0) is 0 Å². The van der Waals surface area contributed by atoms with Crippen molar-refractivity contribution in [2.24, 2.45) is 5.73 Å². The molecule has 1 aromatic heterocycles. The van der Waals surface area contributed by atoms with Crippen molar-refractivity contribution in [1.29, 1.82) is 0 Å². The molecule has 3 heterocycles. The highest BCUT2D eigenvalue weighted by Gasteiger charge is 2.36. The summed E-state index contributed by atoms with van der Waals surface area (Å²) in [6.45, 7) is 2.61. The minimum Gasteiger partial charge on any atom is -0.347 e. The van der Waals surface area contributed by atoms with Gasteiger partial charge < -0.3 is 11.1 Å². The third-order valence-electron chi connectivity index (χ3n) is 4.37. The van der Waals surface area contributed by atoms with Gasteiger partial charge in [0.1, 0.15) is 4.88 Å². The average molecular weight is 303 g/mol. The molecule has 1 aromatic rings. The maximum atomic E-state index is 12.5. The molecule has 0 aromatic carbocycles. The highest BCUT2D eigenvalue weighted by atomic mass is 32.1. The number of carbonyl (C=O) groups is 1. The van der Waals surface area contributed by atoms with E-state index in [-0.39, 0.29) is 11.9 Å². The molecule has 112 valence electrons. The van der Waals surface area contributed by atoms with E-state index in [0.29, 0.717) is 17.5 Å². The molecule has 0 saturated carbocycles. The normalized spacial score (nSPS) is 25.0. The fraction of sp³-hybridized carbons (Fsp3) is 0.562. The van der Waals surface area contributed by atoms with Crippen molar-refractivity contribution in [3.63, 3.8) is 0 Å². The maximum absolute atomic E-state index is 12.5. The number of carbonyl (C=O) groups excluding carboxylic acids is 1. The van der Waals surface area contributed by atoms with Gasteiger partial charge in [0.25, 0.3) is 5.91 Å². The summed E-state index contributed by atoms with van der Waals surface area (Å²) in [4.78, 5) is 15.7. The zero-order valence-corrected chi connectivity index (χ0v) is 12.9. The first-order valence-corrected chi connectivity index (χ1v) is 8.49. The van der Waals surface area contributed by atoms with Crippen LogP contribution in [0, 0.1) is 11.8 Å². The van der Waals surface area contributed by atoms with Gasteiger partial charge in [-0.15, -0.1) is 11.3 Å². The van der Waals surface area contributed by atoms with Gasteiger partial charge in [-0.1, -0.05) is 18.3 Å². The Kier molecular flexibility index (Phi) is 4.59. The Labute approximate surface area is 129 Å². The molecule has 2 saturated heterocycles. The second-order valence-electron chi connectivity index (χ2n) is 5.64. The molecule has 2 atom stereocenters. The minimum absolute atomic E-state index is 0.0174. The second-order valence-corrected chi connectivity index (χ2v) is 6.55. The van der Waals surface area contributed by atoms with E-state index in [4.69, 9.17) is 5.73 Å². The highest BCUT2D eigenvalue weighted by Crippen LogP contribution is 2.27. The van der Waals surface area contributed by atoms with Crippen LogP contribution in [0.5, 0.6) is 0 Å². The quantitative estimate of drug-likeness (QED) is 0.812. The van der Waals surface area contributed by atoms with Crippen LogP contribution in [0.25, 0.3) is 0 Å². The number of nitrogens with one attached hydrogen (secondary N) is 1. The van der Waals surface area contributed by atoms with E-state index in [2.05, 4.69) is 22.1 Å². The van der Waals surface area contributed by atoms with Gasteiger partial charge in [-0.3, -0.25) is 9.69 Å². The third kappa shape index (κ3) is 3.13. The Morgan fingerprint density at radius 3 is 3.19 bits per heavy atom. The summed E-state index contributed by atoms with van der Waals surface area (Å²) in [6.07, 6.45) is 4.83. The van der Waals surface area contributed by atoms with Gasteiger partial charge in [0.05, 0.1) is 6.54 Å². The molecule has 2 unspecified atom stereocenters. The number of piperidine rings is 1. The van der Waals surface area contributed by atoms with Crippen molar-refractivity contribution in [2.75, 3.05) is 19.6 Å². The summed E-state index contributed by atoms with van der Waals surface area (Å²) in [5, 5.41) is 5.14. The molecule has 4 nitrogen and oxygen atoms in total. The molecule has 1 amide bonds. The van der Waals surface area contributed by atoms with Crippen LogP contribution in [0.1, 0.15) is 40.9 Å². The number of rotatable bonds is 2. The third-order valence-corrected chi connectivity index (χ3v) is 5.28. The van der Waals surface area contributed by atoms with Crippen molar-refractivity contribution < 1.29 is 4.79 Å². The van der Waals surface area contributed by atoms with E-state index in [1.807, 2.05) is 11.4 Å². The fourth-order valence-electron chi connectivity index (χ4n) is 3.38. The predicted octanol–water partition coefficient (Wildman–Crippen LogP) is 1.41. The second kappa shape index (κ2) is 6.61. The Bertz CT molecular complexity index is 572. The van der Waals surface area contributed by atoms with Crippen LogP contribution < -0.4 is 11.1 Å². The van der Waals surface area contributed by atoms with Gasteiger partial charge in [0, 0.05) is 24.2 Å². The number of nitrogens with zero attached hydrogens (tertiary/aromatic N) is 1. The predicted molar refractivity (Wildman–Crippen MR) is 85.3 cm³/mol. The number of amides is 1.